The summed E-state index contributed by atoms with van der Waals surface area (Å²) in [7, 11) is 0. The van der Waals surface area contributed by atoms with E-state index in [9.17, 15) is 4.79 Å². The van der Waals surface area contributed by atoms with E-state index < -0.39 is 6.09 Å². The van der Waals surface area contributed by atoms with Crippen molar-refractivity contribution in [3.63, 3.8) is 0 Å². The first-order valence-electron chi connectivity index (χ1n) is 4.88. The molecule has 3 heteroatoms. The average Bonchev–Trinajstić information content (AvgIpc) is 2.21. The molecule has 15 heavy (non-hydrogen) atoms. The number of carbonyl (C=O) groups is 1. The molecule has 1 N–H and O–H groups in total. The molecule has 0 atom stereocenters. The van der Waals surface area contributed by atoms with E-state index in [1.165, 1.54) is 0 Å². The van der Waals surface area contributed by atoms with Crippen LogP contribution in [0.5, 0.6) is 0 Å². The Morgan fingerprint density at radius 3 is 2.27 bits per heavy atom. The third-order valence-electron chi connectivity index (χ3n) is 1.29. The van der Waals surface area contributed by atoms with Gasteiger partial charge in [0.05, 0.1) is 5.76 Å². The molecule has 0 aliphatic carbocycles. The molecule has 0 aromatic heterocycles. The maximum absolute atomic E-state index is 11.0. The predicted molar refractivity (Wildman–Crippen MR) is 62.7 cm³/mol. The average molecular weight is 207 g/mol. The van der Waals surface area contributed by atoms with Gasteiger partial charge >= 0.3 is 6.09 Å². The molecule has 0 bridgehead atoms. The number of amides is 1. The zero-order valence-corrected chi connectivity index (χ0v) is 9.41. The van der Waals surface area contributed by atoms with E-state index >= 15 is 0 Å². The summed E-state index contributed by atoms with van der Waals surface area (Å²) >= 11 is 0. The van der Waals surface area contributed by atoms with Crippen LogP contribution in [0.1, 0.15) is 20.8 Å². The Bertz CT molecular complexity index is 307. The molecule has 3 nitrogen and oxygen atoms in total. The van der Waals surface area contributed by atoms with Crippen LogP contribution in [0, 0.1) is 0 Å². The van der Waals surface area contributed by atoms with E-state index in [2.05, 4.69) is 11.9 Å². The van der Waals surface area contributed by atoms with Crippen LogP contribution in [0.3, 0.4) is 0 Å². The van der Waals surface area contributed by atoms with Crippen LogP contribution in [-0.2, 0) is 4.74 Å². The van der Waals surface area contributed by atoms with Crippen molar-refractivity contribution in [2.45, 2.75) is 20.8 Å². The summed E-state index contributed by atoms with van der Waals surface area (Å²) in [6.07, 6.45) is -0.515. The van der Waals surface area contributed by atoms with Crippen LogP contribution in [0.15, 0.2) is 42.7 Å². The Labute approximate surface area is 90.8 Å². The molecule has 82 valence electrons. The number of hydrogen-bond acceptors (Lipinski definition) is 2. The van der Waals surface area contributed by atoms with Crippen LogP contribution in [0.25, 0.3) is 0 Å². The van der Waals surface area contributed by atoms with Crippen molar-refractivity contribution in [1.29, 1.82) is 0 Å². The van der Waals surface area contributed by atoms with E-state index in [0.29, 0.717) is 11.4 Å². The van der Waals surface area contributed by atoms with Gasteiger partial charge in [0.25, 0.3) is 0 Å². The maximum Gasteiger partial charge on any atom is 0.416 e. The molecule has 1 rings (SSSR count). The summed E-state index contributed by atoms with van der Waals surface area (Å²) in [6, 6.07) is 9.08. The van der Waals surface area contributed by atoms with Crippen LogP contribution in [-0.4, -0.2) is 6.09 Å². The molecular weight excluding hydrogens is 190 g/mol. The highest BCUT2D eigenvalue weighted by Crippen LogP contribution is 2.06. The third kappa shape index (κ3) is 6.32. The number of rotatable bonds is 2. The molecule has 0 spiro atoms. The van der Waals surface area contributed by atoms with Gasteiger partial charge in [-0.05, 0) is 19.1 Å². The van der Waals surface area contributed by atoms with Gasteiger partial charge in [-0.3, -0.25) is 5.32 Å². The Balaban J connectivity index is 0.000000921. The number of benzene rings is 1. The topological polar surface area (TPSA) is 38.3 Å². The van der Waals surface area contributed by atoms with Gasteiger partial charge in [0, 0.05) is 5.69 Å². The highest BCUT2D eigenvalue weighted by Gasteiger charge is 2.01. The monoisotopic (exact) mass is 207 g/mol. The fraction of sp³-hybridized carbons (Fsp3) is 0.250. The van der Waals surface area contributed by atoms with Crippen molar-refractivity contribution in [1.82, 2.24) is 0 Å². The number of ether oxygens (including phenoxy) is 1. The van der Waals surface area contributed by atoms with Crippen molar-refractivity contribution in [3.05, 3.63) is 42.7 Å². The van der Waals surface area contributed by atoms with Gasteiger partial charge < -0.3 is 4.74 Å². The van der Waals surface area contributed by atoms with E-state index in [1.807, 2.05) is 32.0 Å². The Morgan fingerprint density at radius 2 is 1.80 bits per heavy atom. The minimum absolute atomic E-state index is 0.369. The first kappa shape index (κ1) is 13.2. The molecular formula is C12H17NO2. The minimum Gasteiger partial charge on any atom is -0.416 e. The molecule has 1 aromatic rings. The molecule has 0 aliphatic heterocycles. The third-order valence-corrected chi connectivity index (χ3v) is 1.29. The normalized spacial score (nSPS) is 8.20. The number of anilines is 1. The lowest BCUT2D eigenvalue weighted by Crippen LogP contribution is -2.11. The molecule has 0 aliphatic rings. The zero-order chi connectivity index (χ0) is 11.7. The summed E-state index contributed by atoms with van der Waals surface area (Å²) in [5.74, 6) is 0.369. The summed E-state index contributed by atoms with van der Waals surface area (Å²) in [6.45, 7) is 9.07. The van der Waals surface area contributed by atoms with Gasteiger partial charge in [-0.1, -0.05) is 38.6 Å². The van der Waals surface area contributed by atoms with Crippen LogP contribution < -0.4 is 5.32 Å². The van der Waals surface area contributed by atoms with Crippen molar-refractivity contribution in [3.8, 4) is 0 Å². The second kappa shape index (κ2) is 7.62. The smallest absolute Gasteiger partial charge is 0.416 e. The van der Waals surface area contributed by atoms with E-state index in [4.69, 9.17) is 4.74 Å². The highest BCUT2D eigenvalue weighted by atomic mass is 16.6. The Hall–Kier alpha value is -1.77. The van der Waals surface area contributed by atoms with E-state index in [1.54, 1.807) is 19.1 Å². The van der Waals surface area contributed by atoms with Crippen molar-refractivity contribution < 1.29 is 9.53 Å². The summed E-state index contributed by atoms with van der Waals surface area (Å²) in [5.41, 5.74) is 0.703. The molecule has 0 heterocycles. The van der Waals surface area contributed by atoms with E-state index in [0.717, 1.165) is 0 Å². The lowest BCUT2D eigenvalue weighted by molar-refractivity contribution is 0.192. The Kier molecular flexibility index (Phi) is 6.72. The number of allylic oxidation sites excluding steroid dienone is 1. The lowest BCUT2D eigenvalue weighted by Gasteiger charge is -2.04. The van der Waals surface area contributed by atoms with Crippen molar-refractivity contribution >= 4 is 11.8 Å². The van der Waals surface area contributed by atoms with Gasteiger partial charge in [-0.15, -0.1) is 0 Å². The van der Waals surface area contributed by atoms with Gasteiger partial charge in [0.15, 0.2) is 0 Å². The number of nitrogens with one attached hydrogen (secondary N) is 1. The van der Waals surface area contributed by atoms with Crippen LogP contribution in [0.2, 0.25) is 0 Å². The standard InChI is InChI=1S/C10H11NO2.C2H6/c1-8(2)13-10(12)11-9-6-4-3-5-7-9;1-2/h3-7H,1H2,2H3,(H,11,12);1-2H3. The van der Waals surface area contributed by atoms with Gasteiger partial charge in [0.2, 0.25) is 0 Å². The fourth-order valence-corrected chi connectivity index (χ4v) is 0.823. The van der Waals surface area contributed by atoms with Crippen molar-refractivity contribution in [2.75, 3.05) is 5.32 Å². The number of hydrogen-bond donors (Lipinski definition) is 1. The first-order valence-corrected chi connectivity index (χ1v) is 4.88. The largest absolute Gasteiger partial charge is 0.416 e. The number of carbonyl (C=O) groups excluding carboxylic acids is 1. The minimum atomic E-state index is -0.515. The van der Waals surface area contributed by atoms with Gasteiger partial charge in [0.1, 0.15) is 0 Å². The second-order valence-corrected chi connectivity index (χ2v) is 2.58. The Morgan fingerprint density at radius 1 is 1.27 bits per heavy atom. The molecule has 1 amide bonds. The summed E-state index contributed by atoms with van der Waals surface area (Å²) in [5, 5.41) is 2.55. The van der Waals surface area contributed by atoms with Crippen LogP contribution in [0.4, 0.5) is 10.5 Å². The molecule has 1 aromatic carbocycles. The quantitative estimate of drug-likeness (QED) is 0.749. The van der Waals surface area contributed by atoms with E-state index in [-0.39, 0.29) is 0 Å². The fourth-order valence-electron chi connectivity index (χ4n) is 0.823. The molecule has 0 radical (unpaired) electrons. The molecule has 0 unspecified atom stereocenters. The van der Waals surface area contributed by atoms with Gasteiger partial charge in [-0.25, -0.2) is 4.79 Å². The maximum atomic E-state index is 11.0. The zero-order valence-electron chi connectivity index (χ0n) is 9.41. The van der Waals surface area contributed by atoms with Crippen molar-refractivity contribution in [2.24, 2.45) is 0 Å². The predicted octanol–water partition coefficient (Wildman–Crippen LogP) is 3.79. The SMILES string of the molecule is C=C(C)OC(=O)Nc1ccccc1.CC. The van der Waals surface area contributed by atoms with Gasteiger partial charge in [-0.2, -0.15) is 0 Å². The summed E-state index contributed by atoms with van der Waals surface area (Å²) in [4.78, 5) is 11.0. The lowest BCUT2D eigenvalue weighted by atomic mass is 10.3. The second-order valence-electron chi connectivity index (χ2n) is 2.58. The molecule has 0 saturated carbocycles. The summed E-state index contributed by atoms with van der Waals surface area (Å²) < 4.78 is 4.71. The number of para-hydroxylation sites is 1. The molecule has 0 saturated heterocycles. The van der Waals surface area contributed by atoms with Crippen LogP contribution >= 0.6 is 0 Å². The highest BCUT2D eigenvalue weighted by molar-refractivity contribution is 5.85. The molecule has 0 fully saturated rings. The first-order chi connectivity index (χ1) is 7.18.